The molecule has 2 N–H and O–H groups in total. The van der Waals surface area contributed by atoms with E-state index in [4.69, 9.17) is 5.21 Å². The van der Waals surface area contributed by atoms with Gasteiger partial charge in [0.2, 0.25) is 5.91 Å². The van der Waals surface area contributed by atoms with Gasteiger partial charge in [-0.2, -0.15) is 18.3 Å². The first kappa shape index (κ1) is 19.1. The number of carbonyl (C=O) groups excluding carboxylic acids is 1. The second-order valence-corrected chi connectivity index (χ2v) is 6.81. The Morgan fingerprint density at radius 2 is 1.72 bits per heavy atom. The largest absolute Gasteiger partial charge is 0.435 e. The molecule has 1 fully saturated rings. The maximum absolute atomic E-state index is 14.2. The van der Waals surface area contributed by atoms with Crippen molar-refractivity contribution in [2.24, 2.45) is 5.92 Å². The van der Waals surface area contributed by atoms with Crippen molar-refractivity contribution in [3.63, 3.8) is 0 Å². The molecule has 4 rings (SSSR count). The third-order valence-corrected chi connectivity index (χ3v) is 5.12. The molecule has 1 heterocycles. The average Bonchev–Trinajstić information content (AvgIpc) is 3.21. The topological polar surface area (TPSA) is 67.2 Å². The Balaban J connectivity index is 1.61. The van der Waals surface area contributed by atoms with Crippen molar-refractivity contribution in [2.45, 2.75) is 18.0 Å². The van der Waals surface area contributed by atoms with Crippen molar-refractivity contribution in [1.82, 2.24) is 15.3 Å². The van der Waals surface area contributed by atoms with Crippen LogP contribution >= 0.6 is 0 Å². The molecule has 5 nitrogen and oxygen atoms in total. The predicted molar refractivity (Wildman–Crippen MR) is 93.9 cm³/mol. The summed E-state index contributed by atoms with van der Waals surface area (Å²) in [7, 11) is 0. The molecule has 0 saturated heterocycles. The molecule has 0 aliphatic heterocycles. The first-order valence-electron chi connectivity index (χ1n) is 8.73. The fourth-order valence-electron chi connectivity index (χ4n) is 3.73. The quantitative estimate of drug-likeness (QED) is 0.391. The van der Waals surface area contributed by atoms with Crippen LogP contribution in [0.25, 0.3) is 5.69 Å². The summed E-state index contributed by atoms with van der Waals surface area (Å²) in [5.74, 6) is -2.52. The van der Waals surface area contributed by atoms with Crippen molar-refractivity contribution in [1.29, 1.82) is 0 Å². The van der Waals surface area contributed by atoms with Crippen molar-refractivity contribution in [3.8, 4) is 5.69 Å². The van der Waals surface area contributed by atoms with Crippen LogP contribution in [0.3, 0.4) is 0 Å². The number of hydrogen-bond acceptors (Lipinski definition) is 3. The maximum atomic E-state index is 14.2. The molecule has 0 bridgehead atoms. The minimum Gasteiger partial charge on any atom is -0.289 e. The minimum atomic E-state index is -4.53. The standard InChI is InChI=1S/C20H15F4N3O2/c21-14-4-2-1-3-13(14)17-16(18(17)19(28)26-29)11-5-7-12(8-6-11)27-10-9-15(25-27)20(22,23)24/h1-10,16-18,29H,(H,26,28)/t16-,17-,18+/m1/s1. The zero-order chi connectivity index (χ0) is 20.8. The number of alkyl halides is 3. The van der Waals surface area contributed by atoms with E-state index in [2.05, 4.69) is 5.10 Å². The van der Waals surface area contributed by atoms with E-state index in [-0.39, 0.29) is 5.92 Å². The van der Waals surface area contributed by atoms with E-state index in [9.17, 15) is 22.4 Å². The highest BCUT2D eigenvalue weighted by Gasteiger charge is 2.56. The zero-order valence-corrected chi connectivity index (χ0v) is 14.8. The Labute approximate surface area is 162 Å². The Kier molecular flexibility index (Phi) is 4.62. The summed E-state index contributed by atoms with van der Waals surface area (Å²) in [6, 6.07) is 13.5. The highest BCUT2D eigenvalue weighted by molar-refractivity contribution is 5.84. The molecule has 0 unspecified atom stereocenters. The van der Waals surface area contributed by atoms with Crippen LogP contribution in [0.5, 0.6) is 0 Å². The molecule has 1 aromatic heterocycles. The molecule has 1 aliphatic carbocycles. The summed E-state index contributed by atoms with van der Waals surface area (Å²) in [4.78, 5) is 12.0. The monoisotopic (exact) mass is 405 g/mol. The van der Waals surface area contributed by atoms with E-state index in [1.165, 1.54) is 12.3 Å². The van der Waals surface area contributed by atoms with E-state index in [0.29, 0.717) is 16.8 Å². The molecule has 9 heteroatoms. The number of benzene rings is 2. The fraction of sp³-hybridized carbons (Fsp3) is 0.200. The van der Waals surface area contributed by atoms with Crippen molar-refractivity contribution >= 4 is 5.91 Å². The van der Waals surface area contributed by atoms with Crippen LogP contribution in [0.4, 0.5) is 17.6 Å². The molecule has 150 valence electrons. The van der Waals surface area contributed by atoms with Crippen LogP contribution in [0.1, 0.15) is 28.7 Å². The van der Waals surface area contributed by atoms with Crippen LogP contribution in [-0.4, -0.2) is 20.9 Å². The molecule has 0 radical (unpaired) electrons. The van der Waals surface area contributed by atoms with Crippen LogP contribution < -0.4 is 5.48 Å². The highest BCUT2D eigenvalue weighted by atomic mass is 19.4. The number of halogens is 4. The summed E-state index contributed by atoms with van der Waals surface area (Å²) >= 11 is 0. The van der Waals surface area contributed by atoms with Gasteiger partial charge in [0, 0.05) is 18.0 Å². The number of rotatable bonds is 4. The SMILES string of the molecule is O=C(NO)[C@H]1[C@H](c2ccc(-n3ccc(C(F)(F)F)n3)cc2)[C@H]1c1ccccc1F. The van der Waals surface area contributed by atoms with Gasteiger partial charge in [-0.15, -0.1) is 0 Å². The van der Waals surface area contributed by atoms with Gasteiger partial charge in [-0.25, -0.2) is 14.6 Å². The second-order valence-electron chi connectivity index (χ2n) is 6.81. The lowest BCUT2D eigenvalue weighted by Crippen LogP contribution is -2.21. The fourth-order valence-corrected chi connectivity index (χ4v) is 3.73. The predicted octanol–water partition coefficient (Wildman–Crippen LogP) is 4.03. The molecule has 1 aliphatic rings. The first-order valence-corrected chi connectivity index (χ1v) is 8.73. The molecule has 3 aromatic rings. The number of amides is 1. The lowest BCUT2D eigenvalue weighted by Gasteiger charge is -2.06. The van der Waals surface area contributed by atoms with Gasteiger partial charge in [-0.05, 0) is 35.4 Å². The van der Waals surface area contributed by atoms with Gasteiger partial charge in [0.1, 0.15) is 5.82 Å². The first-order chi connectivity index (χ1) is 13.8. The normalized spacial score (nSPS) is 21.1. The van der Waals surface area contributed by atoms with Crippen LogP contribution in [-0.2, 0) is 11.0 Å². The smallest absolute Gasteiger partial charge is 0.289 e. The number of nitrogens with one attached hydrogen (secondary N) is 1. The van der Waals surface area contributed by atoms with Gasteiger partial charge in [-0.3, -0.25) is 10.0 Å². The summed E-state index contributed by atoms with van der Waals surface area (Å²) in [6.45, 7) is 0. The van der Waals surface area contributed by atoms with Gasteiger partial charge in [0.05, 0.1) is 11.6 Å². The van der Waals surface area contributed by atoms with Crippen molar-refractivity contribution in [2.75, 3.05) is 0 Å². The van der Waals surface area contributed by atoms with E-state index in [0.717, 1.165) is 10.7 Å². The summed E-state index contributed by atoms with van der Waals surface area (Å²) < 4.78 is 53.5. The molecule has 1 saturated carbocycles. The Bertz CT molecular complexity index is 1050. The summed E-state index contributed by atoms with van der Waals surface area (Å²) in [6.07, 6.45) is -3.32. The average molecular weight is 405 g/mol. The zero-order valence-electron chi connectivity index (χ0n) is 14.8. The minimum absolute atomic E-state index is 0.364. The van der Waals surface area contributed by atoms with Crippen LogP contribution in [0.15, 0.2) is 60.8 Å². The molecule has 3 atom stereocenters. The maximum Gasteiger partial charge on any atom is 0.435 e. The van der Waals surface area contributed by atoms with Crippen molar-refractivity contribution in [3.05, 3.63) is 83.4 Å². The molecular weight excluding hydrogens is 390 g/mol. The van der Waals surface area contributed by atoms with E-state index in [1.807, 2.05) is 0 Å². The Morgan fingerprint density at radius 3 is 2.31 bits per heavy atom. The summed E-state index contributed by atoms with van der Waals surface area (Å²) in [5, 5.41) is 12.5. The van der Waals surface area contributed by atoms with E-state index < -0.39 is 35.4 Å². The van der Waals surface area contributed by atoms with Gasteiger partial charge >= 0.3 is 6.18 Å². The van der Waals surface area contributed by atoms with E-state index >= 15 is 0 Å². The highest BCUT2D eigenvalue weighted by Crippen LogP contribution is 2.61. The Morgan fingerprint density at radius 1 is 1.03 bits per heavy atom. The van der Waals surface area contributed by atoms with Crippen molar-refractivity contribution < 1.29 is 27.6 Å². The van der Waals surface area contributed by atoms with Gasteiger partial charge in [0.25, 0.3) is 0 Å². The third kappa shape index (κ3) is 3.49. The molecular formula is C20H15F4N3O2. The lowest BCUT2D eigenvalue weighted by atomic mass is 10.0. The number of aromatic nitrogens is 2. The van der Waals surface area contributed by atoms with Gasteiger partial charge in [-0.1, -0.05) is 30.3 Å². The Hall–Kier alpha value is -3.20. The molecule has 29 heavy (non-hydrogen) atoms. The summed E-state index contributed by atoms with van der Waals surface area (Å²) in [5.41, 5.74) is 2.11. The van der Waals surface area contributed by atoms with Gasteiger partial charge in [0.15, 0.2) is 5.69 Å². The van der Waals surface area contributed by atoms with E-state index in [1.54, 1.807) is 47.9 Å². The molecule has 0 spiro atoms. The van der Waals surface area contributed by atoms with Crippen LogP contribution in [0, 0.1) is 11.7 Å². The molecule has 2 aromatic carbocycles. The van der Waals surface area contributed by atoms with Gasteiger partial charge < -0.3 is 0 Å². The number of hydrogen-bond donors (Lipinski definition) is 2. The number of hydroxylamine groups is 1. The number of carbonyl (C=O) groups is 1. The lowest BCUT2D eigenvalue weighted by molar-refractivity contribution is -0.141. The van der Waals surface area contributed by atoms with Crippen LogP contribution in [0.2, 0.25) is 0 Å². The molecule has 1 amide bonds. The number of nitrogens with zero attached hydrogens (tertiary/aromatic N) is 2. The third-order valence-electron chi connectivity index (χ3n) is 5.12. The second kappa shape index (κ2) is 7.00.